The SMILES string of the molecule is C=C(C=C(C)C(=O)O)C(=O)OCC.C=CC(=O)OC. The molecule has 0 heterocycles. The van der Waals surface area contributed by atoms with Gasteiger partial charge in [0.15, 0.2) is 0 Å². The summed E-state index contributed by atoms with van der Waals surface area (Å²) in [6, 6.07) is 0. The van der Waals surface area contributed by atoms with Crippen molar-refractivity contribution in [3.05, 3.63) is 36.5 Å². The van der Waals surface area contributed by atoms with Crippen molar-refractivity contribution in [3.63, 3.8) is 0 Å². The molecule has 0 atom stereocenters. The van der Waals surface area contributed by atoms with Crippen LogP contribution >= 0.6 is 0 Å². The van der Waals surface area contributed by atoms with Gasteiger partial charge < -0.3 is 14.6 Å². The van der Waals surface area contributed by atoms with Crippen LogP contribution in [0.3, 0.4) is 0 Å². The molecule has 6 heteroatoms. The molecule has 6 nitrogen and oxygen atoms in total. The van der Waals surface area contributed by atoms with Crippen LogP contribution in [-0.2, 0) is 23.9 Å². The molecular weight excluding hydrogens is 252 g/mol. The van der Waals surface area contributed by atoms with Gasteiger partial charge in [-0.25, -0.2) is 14.4 Å². The summed E-state index contributed by atoms with van der Waals surface area (Å²) in [7, 11) is 1.31. The van der Waals surface area contributed by atoms with E-state index >= 15 is 0 Å². The summed E-state index contributed by atoms with van der Waals surface area (Å²) in [6.07, 6.45) is 2.29. The molecule has 19 heavy (non-hydrogen) atoms. The lowest BCUT2D eigenvalue weighted by atomic mass is 10.2. The lowest BCUT2D eigenvalue weighted by molar-refractivity contribution is -0.138. The third kappa shape index (κ3) is 10.5. The van der Waals surface area contributed by atoms with Crippen LogP contribution in [0, 0.1) is 0 Å². The maximum atomic E-state index is 10.9. The summed E-state index contributed by atoms with van der Waals surface area (Å²) >= 11 is 0. The average molecular weight is 270 g/mol. The van der Waals surface area contributed by atoms with Crippen molar-refractivity contribution >= 4 is 17.9 Å². The maximum absolute atomic E-state index is 10.9. The Morgan fingerprint density at radius 2 is 1.84 bits per heavy atom. The predicted molar refractivity (Wildman–Crippen MR) is 69.4 cm³/mol. The molecule has 0 aromatic rings. The van der Waals surface area contributed by atoms with Crippen molar-refractivity contribution in [2.45, 2.75) is 13.8 Å². The Morgan fingerprint density at radius 3 is 2.11 bits per heavy atom. The number of aliphatic carboxylic acids is 1. The Hall–Kier alpha value is -2.37. The van der Waals surface area contributed by atoms with Crippen LogP contribution in [-0.4, -0.2) is 36.7 Å². The van der Waals surface area contributed by atoms with Crippen LogP contribution in [0.15, 0.2) is 36.5 Å². The zero-order valence-corrected chi connectivity index (χ0v) is 11.3. The molecule has 0 rings (SSSR count). The van der Waals surface area contributed by atoms with Gasteiger partial charge in [-0.1, -0.05) is 13.2 Å². The summed E-state index contributed by atoms with van der Waals surface area (Å²) < 4.78 is 8.75. The van der Waals surface area contributed by atoms with Crippen molar-refractivity contribution in [2.75, 3.05) is 13.7 Å². The molecule has 0 saturated carbocycles. The first-order valence-electron chi connectivity index (χ1n) is 5.28. The summed E-state index contributed by atoms with van der Waals surface area (Å²) in [5, 5.41) is 8.48. The Labute approximate surface area is 112 Å². The summed E-state index contributed by atoms with van der Waals surface area (Å²) in [5.74, 6) is -2.07. The molecule has 0 saturated heterocycles. The number of carboxylic acids is 1. The van der Waals surface area contributed by atoms with E-state index in [4.69, 9.17) is 5.11 Å². The van der Waals surface area contributed by atoms with Crippen LogP contribution in [0.2, 0.25) is 0 Å². The fourth-order valence-electron chi connectivity index (χ4n) is 0.689. The number of hydrogen-bond donors (Lipinski definition) is 1. The number of hydrogen-bond acceptors (Lipinski definition) is 5. The summed E-state index contributed by atoms with van der Waals surface area (Å²) in [6.45, 7) is 9.83. The smallest absolute Gasteiger partial charge is 0.337 e. The number of rotatable bonds is 5. The first kappa shape index (κ1) is 19.0. The molecule has 0 radical (unpaired) electrons. The predicted octanol–water partition coefficient (Wildman–Crippen LogP) is 1.48. The highest BCUT2D eigenvalue weighted by Gasteiger charge is 2.07. The number of methoxy groups -OCH3 is 1. The highest BCUT2D eigenvalue weighted by Crippen LogP contribution is 2.02. The average Bonchev–Trinajstić information content (AvgIpc) is 2.38. The second kappa shape index (κ2) is 10.8. The van der Waals surface area contributed by atoms with E-state index in [1.54, 1.807) is 6.92 Å². The van der Waals surface area contributed by atoms with E-state index in [2.05, 4.69) is 22.6 Å². The van der Waals surface area contributed by atoms with Crippen molar-refractivity contribution in [3.8, 4) is 0 Å². The molecule has 0 spiro atoms. The van der Waals surface area contributed by atoms with E-state index in [9.17, 15) is 14.4 Å². The number of carbonyl (C=O) groups is 3. The van der Waals surface area contributed by atoms with Gasteiger partial charge in [0.25, 0.3) is 0 Å². The summed E-state index contributed by atoms with van der Waals surface area (Å²) in [4.78, 5) is 31.1. The van der Waals surface area contributed by atoms with Crippen LogP contribution in [0.1, 0.15) is 13.8 Å². The number of ether oxygens (including phenoxy) is 2. The number of carbonyl (C=O) groups excluding carboxylic acids is 2. The number of esters is 2. The normalized spacial score (nSPS) is 9.53. The highest BCUT2D eigenvalue weighted by molar-refractivity contribution is 5.94. The Kier molecular flexibility index (Phi) is 10.8. The van der Waals surface area contributed by atoms with Gasteiger partial charge in [-0.2, -0.15) is 0 Å². The Morgan fingerprint density at radius 1 is 1.32 bits per heavy atom. The minimum absolute atomic E-state index is 0.0433. The molecule has 0 fully saturated rings. The molecule has 0 aromatic carbocycles. The standard InChI is InChI=1S/C9H12O4.C4H6O2/c1-4-13-9(12)7(3)5-6(2)8(10)11;1-3-4(5)6-2/h5H,3-4H2,1-2H3,(H,10,11);3H,1H2,2H3. The van der Waals surface area contributed by atoms with Gasteiger partial charge in [-0.15, -0.1) is 0 Å². The highest BCUT2D eigenvalue weighted by atomic mass is 16.5. The van der Waals surface area contributed by atoms with Crippen LogP contribution < -0.4 is 0 Å². The molecule has 0 bridgehead atoms. The quantitative estimate of drug-likeness (QED) is 0.462. The molecule has 106 valence electrons. The van der Waals surface area contributed by atoms with E-state index in [1.165, 1.54) is 20.1 Å². The van der Waals surface area contributed by atoms with E-state index < -0.39 is 17.9 Å². The molecule has 1 N–H and O–H groups in total. The molecule has 0 amide bonds. The second-order valence-electron chi connectivity index (χ2n) is 3.11. The minimum Gasteiger partial charge on any atom is -0.478 e. The maximum Gasteiger partial charge on any atom is 0.337 e. The van der Waals surface area contributed by atoms with E-state index in [1.807, 2.05) is 0 Å². The van der Waals surface area contributed by atoms with Gasteiger partial charge in [0.1, 0.15) is 0 Å². The van der Waals surface area contributed by atoms with Gasteiger partial charge in [0, 0.05) is 11.6 Å². The lowest BCUT2D eigenvalue weighted by Crippen LogP contribution is -2.06. The molecule has 0 aliphatic heterocycles. The van der Waals surface area contributed by atoms with Crippen LogP contribution in [0.25, 0.3) is 0 Å². The van der Waals surface area contributed by atoms with Gasteiger partial charge in [0.05, 0.1) is 19.3 Å². The molecule has 0 aromatic heterocycles. The molecular formula is C13H18O6. The first-order chi connectivity index (χ1) is 8.79. The van der Waals surface area contributed by atoms with Crippen LogP contribution in [0.4, 0.5) is 0 Å². The largest absolute Gasteiger partial charge is 0.478 e. The van der Waals surface area contributed by atoms with Gasteiger partial charge in [-0.05, 0) is 19.9 Å². The van der Waals surface area contributed by atoms with E-state index in [0.29, 0.717) is 0 Å². The molecule has 0 unspecified atom stereocenters. The third-order valence-corrected chi connectivity index (χ3v) is 1.63. The van der Waals surface area contributed by atoms with Crippen molar-refractivity contribution < 1.29 is 29.0 Å². The minimum atomic E-state index is -1.08. The summed E-state index contributed by atoms with van der Waals surface area (Å²) in [5.41, 5.74) is 0.0970. The Balaban J connectivity index is 0. The number of carboxylic acid groups (broad SMARTS) is 1. The van der Waals surface area contributed by atoms with E-state index in [0.717, 1.165) is 6.08 Å². The third-order valence-electron chi connectivity index (χ3n) is 1.63. The van der Waals surface area contributed by atoms with Gasteiger partial charge in [0.2, 0.25) is 0 Å². The topological polar surface area (TPSA) is 89.9 Å². The molecule has 0 aliphatic carbocycles. The van der Waals surface area contributed by atoms with E-state index in [-0.39, 0.29) is 17.8 Å². The fraction of sp³-hybridized carbons (Fsp3) is 0.308. The van der Waals surface area contributed by atoms with Gasteiger partial charge >= 0.3 is 17.9 Å². The van der Waals surface area contributed by atoms with Gasteiger partial charge in [-0.3, -0.25) is 0 Å². The Bertz CT molecular complexity index is 392. The van der Waals surface area contributed by atoms with Crippen molar-refractivity contribution in [2.24, 2.45) is 0 Å². The molecule has 0 aliphatic rings. The monoisotopic (exact) mass is 270 g/mol. The zero-order valence-electron chi connectivity index (χ0n) is 11.3. The first-order valence-corrected chi connectivity index (χ1v) is 5.28. The van der Waals surface area contributed by atoms with Crippen molar-refractivity contribution in [1.82, 2.24) is 0 Å². The second-order valence-corrected chi connectivity index (χ2v) is 3.11. The zero-order chi connectivity index (χ0) is 15.4. The van der Waals surface area contributed by atoms with Crippen LogP contribution in [0.5, 0.6) is 0 Å². The fourth-order valence-corrected chi connectivity index (χ4v) is 0.689. The lowest BCUT2D eigenvalue weighted by Gasteiger charge is -2.00. The van der Waals surface area contributed by atoms with Crippen molar-refractivity contribution in [1.29, 1.82) is 0 Å².